The van der Waals surface area contributed by atoms with Crippen LogP contribution in [0.2, 0.25) is 0 Å². The molecule has 3 heterocycles. The van der Waals surface area contributed by atoms with Crippen LogP contribution in [0.1, 0.15) is 43.6 Å². The van der Waals surface area contributed by atoms with Crippen LogP contribution in [0, 0.1) is 11.7 Å². The zero-order chi connectivity index (χ0) is 19.7. The number of aromatic amines is 1. The van der Waals surface area contributed by atoms with Crippen LogP contribution in [0.25, 0.3) is 0 Å². The molecule has 0 aliphatic carbocycles. The summed E-state index contributed by atoms with van der Waals surface area (Å²) in [5.74, 6) is 0.374. The van der Waals surface area contributed by atoms with E-state index in [4.69, 9.17) is 4.98 Å². The summed E-state index contributed by atoms with van der Waals surface area (Å²) in [6, 6.07) is 6.33. The Morgan fingerprint density at radius 2 is 2.07 bits per heavy atom. The summed E-state index contributed by atoms with van der Waals surface area (Å²) in [6.45, 7) is 8.02. The van der Waals surface area contributed by atoms with E-state index in [0.717, 1.165) is 51.0 Å². The molecular formula is C22H29FN4O. The van der Waals surface area contributed by atoms with Gasteiger partial charge in [0.15, 0.2) is 0 Å². The van der Waals surface area contributed by atoms with E-state index in [1.807, 2.05) is 17.3 Å². The minimum absolute atomic E-state index is 0.0759. The second-order valence-corrected chi connectivity index (χ2v) is 8.54. The standard InChI is InChI=1S/C22H29FN4O/c1-16(2)14-27-9-6-19-21(25-15-24-19)22(27)7-10-26(11-8-22)20(28)13-17-4-3-5-18(23)12-17/h3-5,12,15-16H,6-11,13-14H2,1-2H3,(H,24,25). The van der Waals surface area contributed by atoms with E-state index in [9.17, 15) is 9.18 Å². The van der Waals surface area contributed by atoms with Gasteiger partial charge in [0.1, 0.15) is 5.82 Å². The molecule has 1 aromatic carbocycles. The van der Waals surface area contributed by atoms with Crippen LogP contribution in [-0.2, 0) is 23.2 Å². The molecule has 0 bridgehead atoms. The molecule has 1 saturated heterocycles. The molecule has 0 saturated carbocycles. The lowest BCUT2D eigenvalue weighted by Gasteiger charge is -2.51. The third-order valence-corrected chi connectivity index (χ3v) is 6.17. The van der Waals surface area contributed by atoms with Crippen molar-refractivity contribution in [2.45, 2.75) is 45.1 Å². The number of hydrogen-bond acceptors (Lipinski definition) is 3. The van der Waals surface area contributed by atoms with Gasteiger partial charge >= 0.3 is 0 Å². The van der Waals surface area contributed by atoms with E-state index in [2.05, 4.69) is 23.7 Å². The van der Waals surface area contributed by atoms with Crippen molar-refractivity contribution >= 4 is 5.91 Å². The topological polar surface area (TPSA) is 52.2 Å². The van der Waals surface area contributed by atoms with Crippen LogP contribution < -0.4 is 0 Å². The summed E-state index contributed by atoms with van der Waals surface area (Å²) in [5, 5.41) is 0. The van der Waals surface area contributed by atoms with Gasteiger partial charge in [-0.05, 0) is 36.5 Å². The van der Waals surface area contributed by atoms with Crippen LogP contribution in [0.4, 0.5) is 4.39 Å². The van der Waals surface area contributed by atoms with Crippen molar-refractivity contribution in [2.75, 3.05) is 26.2 Å². The molecule has 2 aliphatic rings. The highest BCUT2D eigenvalue weighted by Crippen LogP contribution is 2.42. The van der Waals surface area contributed by atoms with Crippen molar-refractivity contribution in [2.24, 2.45) is 5.92 Å². The van der Waals surface area contributed by atoms with Crippen LogP contribution in [0.3, 0.4) is 0 Å². The Kier molecular flexibility index (Phi) is 5.23. The molecule has 150 valence electrons. The predicted octanol–water partition coefficient (Wildman–Crippen LogP) is 3.12. The average Bonchev–Trinajstić information content (AvgIpc) is 3.14. The summed E-state index contributed by atoms with van der Waals surface area (Å²) in [7, 11) is 0. The number of nitrogens with one attached hydrogen (secondary N) is 1. The minimum Gasteiger partial charge on any atom is -0.348 e. The molecule has 0 unspecified atom stereocenters. The fourth-order valence-electron chi connectivity index (χ4n) is 4.84. The first-order valence-electron chi connectivity index (χ1n) is 10.3. The van der Waals surface area contributed by atoms with Gasteiger partial charge in [0, 0.05) is 38.3 Å². The highest BCUT2D eigenvalue weighted by atomic mass is 19.1. The van der Waals surface area contributed by atoms with Crippen LogP contribution in [-0.4, -0.2) is 51.9 Å². The maximum atomic E-state index is 13.4. The summed E-state index contributed by atoms with van der Waals surface area (Å²) in [6.07, 6.45) is 4.87. The molecule has 1 amide bonds. The molecule has 2 aliphatic heterocycles. The van der Waals surface area contributed by atoms with Gasteiger partial charge in [-0.3, -0.25) is 9.69 Å². The molecule has 4 rings (SSSR count). The Morgan fingerprint density at radius 3 is 2.79 bits per heavy atom. The number of aromatic nitrogens is 2. The quantitative estimate of drug-likeness (QED) is 0.881. The molecule has 6 heteroatoms. The first-order chi connectivity index (χ1) is 13.5. The maximum absolute atomic E-state index is 13.4. The Bertz CT molecular complexity index is 839. The maximum Gasteiger partial charge on any atom is 0.226 e. The smallest absolute Gasteiger partial charge is 0.226 e. The van der Waals surface area contributed by atoms with E-state index in [1.165, 1.54) is 23.5 Å². The Balaban J connectivity index is 1.49. The summed E-state index contributed by atoms with van der Waals surface area (Å²) < 4.78 is 13.4. The molecule has 2 aromatic rings. The summed E-state index contributed by atoms with van der Waals surface area (Å²) in [5.41, 5.74) is 3.09. The van der Waals surface area contributed by atoms with Gasteiger partial charge in [-0.25, -0.2) is 9.37 Å². The number of halogens is 1. The second kappa shape index (κ2) is 7.66. The first-order valence-corrected chi connectivity index (χ1v) is 10.3. The van der Waals surface area contributed by atoms with E-state index in [1.54, 1.807) is 6.07 Å². The van der Waals surface area contributed by atoms with Crippen molar-refractivity contribution in [1.29, 1.82) is 0 Å². The Hall–Kier alpha value is -2.21. The molecule has 1 N–H and O–H groups in total. The number of benzene rings is 1. The zero-order valence-electron chi connectivity index (χ0n) is 16.7. The lowest BCUT2D eigenvalue weighted by atomic mass is 9.78. The molecule has 1 fully saturated rings. The largest absolute Gasteiger partial charge is 0.348 e. The van der Waals surface area contributed by atoms with E-state index >= 15 is 0 Å². The van der Waals surface area contributed by atoms with Gasteiger partial charge in [0.05, 0.1) is 24.0 Å². The number of H-pyrrole nitrogens is 1. The number of nitrogens with zero attached hydrogens (tertiary/aromatic N) is 3. The summed E-state index contributed by atoms with van der Waals surface area (Å²) in [4.78, 5) is 25.3. The number of piperidine rings is 1. The van der Waals surface area contributed by atoms with Crippen molar-refractivity contribution in [1.82, 2.24) is 19.8 Å². The number of carbonyl (C=O) groups is 1. The van der Waals surface area contributed by atoms with Crippen molar-refractivity contribution in [3.63, 3.8) is 0 Å². The Labute approximate surface area is 165 Å². The molecule has 5 nitrogen and oxygen atoms in total. The normalized spacial score (nSPS) is 19.2. The first kappa shape index (κ1) is 19.1. The van der Waals surface area contributed by atoms with Gasteiger partial charge < -0.3 is 9.88 Å². The molecule has 1 spiro atoms. The van der Waals surface area contributed by atoms with Crippen LogP contribution in [0.15, 0.2) is 30.6 Å². The fraction of sp³-hybridized carbons (Fsp3) is 0.545. The van der Waals surface area contributed by atoms with Gasteiger partial charge in [0.25, 0.3) is 0 Å². The van der Waals surface area contributed by atoms with Crippen molar-refractivity contribution in [3.05, 3.63) is 53.4 Å². The van der Waals surface area contributed by atoms with Crippen molar-refractivity contribution < 1.29 is 9.18 Å². The molecular weight excluding hydrogens is 355 g/mol. The second-order valence-electron chi connectivity index (χ2n) is 8.54. The highest BCUT2D eigenvalue weighted by Gasteiger charge is 2.47. The lowest BCUT2D eigenvalue weighted by Crippen LogP contribution is -2.58. The monoisotopic (exact) mass is 384 g/mol. The number of rotatable bonds is 4. The third-order valence-electron chi connectivity index (χ3n) is 6.17. The van der Waals surface area contributed by atoms with Crippen LogP contribution in [0.5, 0.6) is 0 Å². The summed E-state index contributed by atoms with van der Waals surface area (Å²) >= 11 is 0. The number of carbonyl (C=O) groups excluding carboxylic acids is 1. The zero-order valence-corrected chi connectivity index (χ0v) is 16.7. The molecule has 0 atom stereocenters. The van der Waals surface area contributed by atoms with Gasteiger partial charge in [0.2, 0.25) is 5.91 Å². The molecule has 0 radical (unpaired) electrons. The third kappa shape index (κ3) is 3.58. The number of hydrogen-bond donors (Lipinski definition) is 1. The van der Waals surface area contributed by atoms with E-state index < -0.39 is 0 Å². The van der Waals surface area contributed by atoms with E-state index in [-0.39, 0.29) is 23.7 Å². The number of likely N-dealkylation sites (tertiary alicyclic amines) is 1. The van der Waals surface area contributed by atoms with Gasteiger partial charge in [-0.15, -0.1) is 0 Å². The Morgan fingerprint density at radius 1 is 1.29 bits per heavy atom. The minimum atomic E-state index is -0.291. The number of imidazole rings is 1. The predicted molar refractivity (Wildman–Crippen MR) is 106 cm³/mol. The lowest BCUT2D eigenvalue weighted by molar-refractivity contribution is -0.133. The molecule has 1 aromatic heterocycles. The number of amides is 1. The molecule has 28 heavy (non-hydrogen) atoms. The van der Waals surface area contributed by atoms with Gasteiger partial charge in [-0.2, -0.15) is 0 Å². The average molecular weight is 384 g/mol. The SMILES string of the molecule is CC(C)CN1CCc2[nH]cnc2C12CCN(C(=O)Cc1cccc(F)c1)CC2. The fourth-order valence-corrected chi connectivity index (χ4v) is 4.84. The van der Waals surface area contributed by atoms with E-state index in [0.29, 0.717) is 5.92 Å². The van der Waals surface area contributed by atoms with Crippen molar-refractivity contribution in [3.8, 4) is 0 Å². The van der Waals surface area contributed by atoms with Gasteiger partial charge in [-0.1, -0.05) is 26.0 Å². The number of fused-ring (bicyclic) bond motifs is 2. The van der Waals surface area contributed by atoms with Crippen LogP contribution >= 0.6 is 0 Å². The highest BCUT2D eigenvalue weighted by molar-refractivity contribution is 5.78.